The van der Waals surface area contributed by atoms with Crippen molar-refractivity contribution < 1.29 is 4.79 Å². The number of likely N-dealkylation sites (tertiary alicyclic amines) is 1. The molecule has 1 aliphatic heterocycles. The topological polar surface area (TPSA) is 20.3 Å². The van der Waals surface area contributed by atoms with E-state index in [9.17, 15) is 4.79 Å². The van der Waals surface area contributed by atoms with Crippen LogP contribution in [0.25, 0.3) is 0 Å². The maximum Gasteiger partial charge on any atom is 0.219 e. The summed E-state index contributed by atoms with van der Waals surface area (Å²) in [6.07, 6.45) is 3.30. The lowest BCUT2D eigenvalue weighted by Crippen LogP contribution is -2.34. The van der Waals surface area contributed by atoms with E-state index in [1.54, 1.807) is 6.92 Å². The lowest BCUT2D eigenvalue weighted by molar-refractivity contribution is -0.129. The van der Waals surface area contributed by atoms with Crippen LogP contribution in [-0.4, -0.2) is 23.4 Å². The van der Waals surface area contributed by atoms with Gasteiger partial charge in [0.05, 0.1) is 0 Å². The molecule has 1 saturated heterocycles. The van der Waals surface area contributed by atoms with Gasteiger partial charge in [0.25, 0.3) is 0 Å². The summed E-state index contributed by atoms with van der Waals surface area (Å²) in [4.78, 5) is 13.4. The maximum atomic E-state index is 11.4. The Labute approximate surface area is 90.9 Å². The molecule has 0 N–H and O–H groups in total. The van der Waals surface area contributed by atoms with Crippen LogP contribution >= 0.6 is 0 Å². The van der Waals surface area contributed by atoms with Crippen LogP contribution in [-0.2, 0) is 11.2 Å². The molecule has 0 saturated carbocycles. The highest BCUT2D eigenvalue weighted by Crippen LogP contribution is 2.20. The van der Waals surface area contributed by atoms with Crippen molar-refractivity contribution in [2.45, 2.75) is 32.2 Å². The number of amides is 1. The van der Waals surface area contributed by atoms with E-state index >= 15 is 0 Å². The highest BCUT2D eigenvalue weighted by molar-refractivity contribution is 5.73. The predicted octanol–water partition coefficient (Wildman–Crippen LogP) is 2.24. The minimum absolute atomic E-state index is 0.216. The van der Waals surface area contributed by atoms with Gasteiger partial charge in [-0.2, -0.15) is 0 Å². The smallest absolute Gasteiger partial charge is 0.219 e. The fourth-order valence-corrected chi connectivity index (χ4v) is 2.35. The second-order valence-corrected chi connectivity index (χ2v) is 4.20. The lowest BCUT2D eigenvalue weighted by atomic mass is 10.0. The Bertz CT molecular complexity index is 334. The van der Waals surface area contributed by atoms with Crippen molar-refractivity contribution in [3.05, 3.63) is 35.9 Å². The Kier molecular flexibility index (Phi) is 3.05. The van der Waals surface area contributed by atoms with Crippen molar-refractivity contribution in [1.29, 1.82) is 0 Å². The highest BCUT2D eigenvalue weighted by atomic mass is 16.2. The molecule has 1 unspecified atom stereocenters. The SMILES string of the molecule is CC(=O)N1CCCC1Cc1ccccc1. The Morgan fingerprint density at radius 3 is 2.80 bits per heavy atom. The number of hydrogen-bond donors (Lipinski definition) is 0. The first-order valence-electron chi connectivity index (χ1n) is 5.58. The van der Waals surface area contributed by atoms with Crippen molar-refractivity contribution in [2.24, 2.45) is 0 Å². The van der Waals surface area contributed by atoms with E-state index in [2.05, 4.69) is 24.3 Å². The molecule has 1 aliphatic rings. The molecule has 2 nitrogen and oxygen atoms in total. The van der Waals surface area contributed by atoms with Gasteiger partial charge in [-0.3, -0.25) is 4.79 Å². The van der Waals surface area contributed by atoms with Gasteiger partial charge in [0, 0.05) is 19.5 Å². The van der Waals surface area contributed by atoms with Crippen molar-refractivity contribution >= 4 is 5.91 Å². The van der Waals surface area contributed by atoms with Crippen molar-refractivity contribution in [3.63, 3.8) is 0 Å². The Balaban J connectivity index is 2.03. The largest absolute Gasteiger partial charge is 0.340 e. The minimum atomic E-state index is 0.216. The fourth-order valence-electron chi connectivity index (χ4n) is 2.35. The third-order valence-electron chi connectivity index (χ3n) is 3.10. The molecule has 2 rings (SSSR count). The standard InChI is InChI=1S/C13H17NO/c1-11(15)14-9-5-8-13(14)10-12-6-3-2-4-7-12/h2-4,6-7,13H,5,8-10H2,1H3. The number of carbonyl (C=O) groups excluding carboxylic acids is 1. The molecule has 15 heavy (non-hydrogen) atoms. The normalized spacial score (nSPS) is 20.6. The molecule has 1 aromatic carbocycles. The van der Waals surface area contributed by atoms with Gasteiger partial charge in [-0.05, 0) is 24.8 Å². The van der Waals surface area contributed by atoms with Crippen LogP contribution in [0.4, 0.5) is 0 Å². The molecule has 0 aromatic heterocycles. The quantitative estimate of drug-likeness (QED) is 0.722. The summed E-state index contributed by atoms with van der Waals surface area (Å²) >= 11 is 0. The third-order valence-corrected chi connectivity index (χ3v) is 3.10. The van der Waals surface area contributed by atoms with Crippen molar-refractivity contribution in [2.75, 3.05) is 6.54 Å². The van der Waals surface area contributed by atoms with Crippen LogP contribution in [0, 0.1) is 0 Å². The number of rotatable bonds is 2. The van der Waals surface area contributed by atoms with Gasteiger partial charge in [-0.15, -0.1) is 0 Å². The fraction of sp³-hybridized carbons (Fsp3) is 0.462. The van der Waals surface area contributed by atoms with E-state index in [4.69, 9.17) is 0 Å². The van der Waals surface area contributed by atoms with Crippen molar-refractivity contribution in [1.82, 2.24) is 4.90 Å². The zero-order chi connectivity index (χ0) is 10.7. The van der Waals surface area contributed by atoms with E-state index in [0.29, 0.717) is 6.04 Å². The minimum Gasteiger partial charge on any atom is -0.340 e. The van der Waals surface area contributed by atoms with Gasteiger partial charge in [0.2, 0.25) is 5.91 Å². The molecule has 0 aliphatic carbocycles. The van der Waals surface area contributed by atoms with E-state index in [1.807, 2.05) is 11.0 Å². The average Bonchev–Trinajstić information content (AvgIpc) is 2.67. The first-order valence-corrected chi connectivity index (χ1v) is 5.58. The number of nitrogens with zero attached hydrogens (tertiary/aromatic N) is 1. The molecule has 1 amide bonds. The second kappa shape index (κ2) is 4.47. The van der Waals surface area contributed by atoms with Crippen LogP contribution in [0.3, 0.4) is 0 Å². The highest BCUT2D eigenvalue weighted by Gasteiger charge is 2.26. The van der Waals surface area contributed by atoms with Crippen LogP contribution < -0.4 is 0 Å². The summed E-state index contributed by atoms with van der Waals surface area (Å²) in [6.45, 7) is 2.61. The molecule has 0 spiro atoms. The maximum absolute atomic E-state index is 11.4. The second-order valence-electron chi connectivity index (χ2n) is 4.20. The molecule has 80 valence electrons. The Morgan fingerprint density at radius 1 is 1.40 bits per heavy atom. The predicted molar refractivity (Wildman–Crippen MR) is 60.6 cm³/mol. The summed E-state index contributed by atoms with van der Waals surface area (Å²) in [5, 5.41) is 0. The molecule has 1 atom stereocenters. The van der Waals surface area contributed by atoms with Gasteiger partial charge in [-0.1, -0.05) is 30.3 Å². The van der Waals surface area contributed by atoms with Gasteiger partial charge >= 0.3 is 0 Å². The number of carbonyl (C=O) groups is 1. The van der Waals surface area contributed by atoms with E-state index in [0.717, 1.165) is 25.8 Å². The van der Waals surface area contributed by atoms with Crippen LogP contribution in [0.15, 0.2) is 30.3 Å². The molecule has 0 radical (unpaired) electrons. The first kappa shape index (κ1) is 10.2. The Morgan fingerprint density at radius 2 is 2.13 bits per heavy atom. The number of hydrogen-bond acceptors (Lipinski definition) is 1. The molecular weight excluding hydrogens is 186 g/mol. The van der Waals surface area contributed by atoms with Crippen LogP contribution in [0.5, 0.6) is 0 Å². The zero-order valence-corrected chi connectivity index (χ0v) is 9.15. The third kappa shape index (κ3) is 2.38. The van der Waals surface area contributed by atoms with Gasteiger partial charge in [-0.25, -0.2) is 0 Å². The van der Waals surface area contributed by atoms with Crippen molar-refractivity contribution in [3.8, 4) is 0 Å². The van der Waals surface area contributed by atoms with Gasteiger partial charge < -0.3 is 4.90 Å². The molecule has 1 heterocycles. The van der Waals surface area contributed by atoms with E-state index in [-0.39, 0.29) is 5.91 Å². The molecule has 0 bridgehead atoms. The summed E-state index contributed by atoms with van der Waals surface area (Å²) < 4.78 is 0. The summed E-state index contributed by atoms with van der Waals surface area (Å²) in [5.41, 5.74) is 1.33. The van der Waals surface area contributed by atoms with Gasteiger partial charge in [0.15, 0.2) is 0 Å². The monoisotopic (exact) mass is 203 g/mol. The first-order chi connectivity index (χ1) is 7.27. The summed E-state index contributed by atoms with van der Waals surface area (Å²) in [7, 11) is 0. The van der Waals surface area contributed by atoms with Gasteiger partial charge in [0.1, 0.15) is 0 Å². The number of benzene rings is 1. The van der Waals surface area contributed by atoms with Crippen LogP contribution in [0.2, 0.25) is 0 Å². The molecule has 2 heteroatoms. The van der Waals surface area contributed by atoms with E-state index < -0.39 is 0 Å². The van der Waals surface area contributed by atoms with E-state index in [1.165, 1.54) is 5.56 Å². The summed E-state index contributed by atoms with van der Waals surface area (Å²) in [6, 6.07) is 10.8. The molecule has 1 fully saturated rings. The summed E-state index contributed by atoms with van der Waals surface area (Å²) in [5.74, 6) is 0.216. The van der Waals surface area contributed by atoms with Crippen LogP contribution in [0.1, 0.15) is 25.3 Å². The Hall–Kier alpha value is -1.31. The lowest BCUT2D eigenvalue weighted by Gasteiger charge is -2.23. The molecular formula is C13H17NO. The average molecular weight is 203 g/mol. The zero-order valence-electron chi connectivity index (χ0n) is 9.15. The molecule has 1 aromatic rings.